The van der Waals surface area contributed by atoms with Crippen LogP contribution in [0.5, 0.6) is 0 Å². The quantitative estimate of drug-likeness (QED) is 0.460. The molecule has 1 saturated heterocycles. The Kier molecular flexibility index (Phi) is 6.71. The first-order chi connectivity index (χ1) is 12.3. The van der Waals surface area contributed by atoms with E-state index in [9.17, 15) is 0 Å². The van der Waals surface area contributed by atoms with Gasteiger partial charge in [-0.15, -0.1) is 0 Å². The van der Waals surface area contributed by atoms with Crippen LogP contribution in [0.2, 0.25) is 0 Å². The Morgan fingerprint density at radius 1 is 1.08 bits per heavy atom. The predicted octanol–water partition coefficient (Wildman–Crippen LogP) is 1.06. The van der Waals surface area contributed by atoms with Crippen LogP contribution in [0.1, 0.15) is 5.56 Å². The van der Waals surface area contributed by atoms with Gasteiger partial charge in [0.15, 0.2) is 5.96 Å². The van der Waals surface area contributed by atoms with Crippen LogP contribution in [0.15, 0.2) is 41.4 Å². The van der Waals surface area contributed by atoms with Crippen molar-refractivity contribution in [3.05, 3.63) is 42.0 Å². The molecule has 136 valence electrons. The fourth-order valence-corrected chi connectivity index (χ4v) is 3.08. The van der Waals surface area contributed by atoms with E-state index in [1.54, 1.807) is 0 Å². The van der Waals surface area contributed by atoms with Crippen molar-refractivity contribution in [1.29, 1.82) is 0 Å². The number of guanidine groups is 1. The van der Waals surface area contributed by atoms with Crippen LogP contribution in [0, 0.1) is 0 Å². The maximum absolute atomic E-state index is 5.37. The van der Waals surface area contributed by atoms with Crippen molar-refractivity contribution >= 4 is 11.6 Å². The highest BCUT2D eigenvalue weighted by atomic mass is 16.5. The van der Waals surface area contributed by atoms with Crippen LogP contribution in [-0.2, 0) is 11.3 Å². The number of benzene rings is 1. The van der Waals surface area contributed by atoms with Crippen LogP contribution < -0.4 is 15.5 Å². The molecular formula is C19H29N5O. The van der Waals surface area contributed by atoms with Crippen LogP contribution >= 0.6 is 0 Å². The third kappa shape index (κ3) is 5.47. The van der Waals surface area contributed by atoms with Gasteiger partial charge in [0.2, 0.25) is 0 Å². The topological polar surface area (TPSA) is 52.1 Å². The van der Waals surface area contributed by atoms with E-state index in [0.717, 1.165) is 65.0 Å². The third-order valence-corrected chi connectivity index (χ3v) is 4.63. The minimum atomic E-state index is 0.774. The molecule has 6 nitrogen and oxygen atoms in total. The number of rotatable bonds is 6. The van der Waals surface area contributed by atoms with E-state index in [1.807, 2.05) is 7.05 Å². The number of morpholine rings is 1. The smallest absolute Gasteiger partial charge is 0.191 e. The summed E-state index contributed by atoms with van der Waals surface area (Å²) >= 11 is 0. The lowest BCUT2D eigenvalue weighted by Gasteiger charge is -2.26. The van der Waals surface area contributed by atoms with Crippen molar-refractivity contribution in [2.75, 3.05) is 64.4 Å². The Morgan fingerprint density at radius 3 is 2.48 bits per heavy atom. The lowest BCUT2D eigenvalue weighted by Crippen LogP contribution is -2.44. The number of hydrogen-bond donors (Lipinski definition) is 2. The first-order valence-corrected chi connectivity index (χ1v) is 9.08. The first-order valence-electron chi connectivity index (χ1n) is 9.08. The van der Waals surface area contributed by atoms with Crippen molar-refractivity contribution in [2.24, 2.45) is 4.99 Å². The second kappa shape index (κ2) is 9.44. The minimum absolute atomic E-state index is 0.774. The summed E-state index contributed by atoms with van der Waals surface area (Å²) in [5.74, 6) is 0.848. The summed E-state index contributed by atoms with van der Waals surface area (Å²) in [7, 11) is 1.81. The van der Waals surface area contributed by atoms with E-state index in [4.69, 9.17) is 4.74 Å². The molecule has 3 rings (SSSR count). The van der Waals surface area contributed by atoms with Gasteiger partial charge in [0, 0.05) is 58.5 Å². The van der Waals surface area contributed by atoms with Crippen molar-refractivity contribution in [3.63, 3.8) is 0 Å². The van der Waals surface area contributed by atoms with E-state index < -0.39 is 0 Å². The van der Waals surface area contributed by atoms with Crippen LogP contribution in [0.3, 0.4) is 0 Å². The van der Waals surface area contributed by atoms with E-state index in [0.29, 0.717) is 0 Å². The Bertz CT molecular complexity index is 570. The van der Waals surface area contributed by atoms with Crippen molar-refractivity contribution in [1.82, 2.24) is 15.5 Å². The van der Waals surface area contributed by atoms with Crippen molar-refractivity contribution in [3.8, 4) is 0 Å². The zero-order valence-electron chi connectivity index (χ0n) is 15.1. The average Bonchev–Trinajstić information content (AvgIpc) is 3.20. The number of nitrogens with zero attached hydrogens (tertiary/aromatic N) is 3. The average molecular weight is 343 g/mol. The number of aliphatic imine (C=N–C) groups is 1. The highest BCUT2D eigenvalue weighted by molar-refractivity contribution is 5.79. The van der Waals surface area contributed by atoms with Gasteiger partial charge < -0.3 is 20.3 Å². The summed E-state index contributed by atoms with van der Waals surface area (Å²) in [6.07, 6.45) is 4.42. The van der Waals surface area contributed by atoms with Gasteiger partial charge in [-0.25, -0.2) is 0 Å². The van der Waals surface area contributed by atoms with Gasteiger partial charge in [-0.1, -0.05) is 24.3 Å². The van der Waals surface area contributed by atoms with E-state index in [-0.39, 0.29) is 0 Å². The second-order valence-electron chi connectivity index (χ2n) is 6.35. The Morgan fingerprint density at radius 2 is 1.80 bits per heavy atom. The maximum Gasteiger partial charge on any atom is 0.191 e. The Balaban J connectivity index is 1.38. The molecule has 0 amide bonds. The van der Waals surface area contributed by atoms with Crippen molar-refractivity contribution < 1.29 is 4.74 Å². The maximum atomic E-state index is 5.37. The SMILES string of the molecule is CN=C(NCCN1CCOCC1)NCc1ccc(N2CC=CC2)cc1. The molecule has 1 fully saturated rings. The molecule has 25 heavy (non-hydrogen) atoms. The molecule has 0 saturated carbocycles. The van der Waals surface area contributed by atoms with Gasteiger partial charge in [0.25, 0.3) is 0 Å². The molecule has 0 aromatic heterocycles. The number of ether oxygens (including phenoxy) is 1. The van der Waals surface area contributed by atoms with Crippen molar-refractivity contribution in [2.45, 2.75) is 6.54 Å². The number of hydrogen-bond acceptors (Lipinski definition) is 4. The standard InChI is InChI=1S/C19H29N5O/c1-20-19(21-8-11-23-12-14-25-15-13-23)22-16-17-4-6-18(7-5-17)24-9-2-3-10-24/h2-7H,8-16H2,1H3,(H2,20,21,22). The van der Waals surface area contributed by atoms with Crippen LogP contribution in [0.4, 0.5) is 5.69 Å². The second-order valence-corrected chi connectivity index (χ2v) is 6.35. The summed E-state index contributed by atoms with van der Waals surface area (Å²) < 4.78 is 5.37. The zero-order chi connectivity index (χ0) is 17.3. The van der Waals surface area contributed by atoms with E-state index in [1.165, 1.54) is 11.3 Å². The summed E-state index contributed by atoms with van der Waals surface area (Å²) in [5.41, 5.74) is 2.54. The summed E-state index contributed by atoms with van der Waals surface area (Å²) in [6.45, 7) is 8.43. The minimum Gasteiger partial charge on any atom is -0.379 e. The van der Waals surface area contributed by atoms with Crippen LogP contribution in [-0.4, -0.2) is 70.4 Å². The fraction of sp³-hybridized carbons (Fsp3) is 0.526. The molecular weight excluding hydrogens is 314 g/mol. The van der Waals surface area contributed by atoms with Gasteiger partial charge in [0.05, 0.1) is 13.2 Å². The lowest BCUT2D eigenvalue weighted by atomic mass is 10.2. The Hall–Kier alpha value is -2.05. The molecule has 1 aromatic carbocycles. The van der Waals surface area contributed by atoms with Gasteiger partial charge >= 0.3 is 0 Å². The monoisotopic (exact) mass is 343 g/mol. The molecule has 2 aliphatic rings. The fourth-order valence-electron chi connectivity index (χ4n) is 3.08. The molecule has 6 heteroatoms. The normalized spacial score (nSPS) is 18.6. The predicted molar refractivity (Wildman–Crippen MR) is 103 cm³/mol. The molecule has 0 atom stereocenters. The highest BCUT2D eigenvalue weighted by Gasteiger charge is 2.10. The summed E-state index contributed by atoms with van der Waals surface area (Å²) in [5, 5.41) is 6.77. The molecule has 0 bridgehead atoms. The molecule has 2 aliphatic heterocycles. The lowest BCUT2D eigenvalue weighted by molar-refractivity contribution is 0.0389. The van der Waals surface area contributed by atoms with Gasteiger partial charge in [-0.05, 0) is 17.7 Å². The molecule has 0 radical (unpaired) electrons. The van der Waals surface area contributed by atoms with E-state index in [2.05, 4.69) is 61.8 Å². The molecule has 0 spiro atoms. The molecule has 2 heterocycles. The molecule has 0 unspecified atom stereocenters. The highest BCUT2D eigenvalue weighted by Crippen LogP contribution is 2.17. The summed E-state index contributed by atoms with van der Waals surface area (Å²) in [4.78, 5) is 9.06. The molecule has 1 aromatic rings. The van der Waals surface area contributed by atoms with Gasteiger partial charge in [-0.3, -0.25) is 9.89 Å². The number of anilines is 1. The Labute approximate surface area is 150 Å². The van der Waals surface area contributed by atoms with E-state index >= 15 is 0 Å². The van der Waals surface area contributed by atoms with Gasteiger partial charge in [0.1, 0.15) is 0 Å². The largest absolute Gasteiger partial charge is 0.379 e. The van der Waals surface area contributed by atoms with Gasteiger partial charge in [-0.2, -0.15) is 0 Å². The third-order valence-electron chi connectivity index (χ3n) is 4.63. The first kappa shape index (κ1) is 17.8. The molecule has 2 N–H and O–H groups in total. The summed E-state index contributed by atoms with van der Waals surface area (Å²) in [6, 6.07) is 8.75. The molecule has 0 aliphatic carbocycles. The zero-order valence-corrected chi connectivity index (χ0v) is 15.1. The number of nitrogens with one attached hydrogen (secondary N) is 2. The van der Waals surface area contributed by atoms with Crippen LogP contribution in [0.25, 0.3) is 0 Å².